The van der Waals surface area contributed by atoms with Crippen molar-refractivity contribution in [2.45, 2.75) is 26.8 Å². The number of halogens is 2. The predicted octanol–water partition coefficient (Wildman–Crippen LogP) is 3.94. The third-order valence-electron chi connectivity index (χ3n) is 5.57. The van der Waals surface area contributed by atoms with Crippen LogP contribution in [0.5, 0.6) is 5.75 Å². The van der Waals surface area contributed by atoms with Gasteiger partial charge in [0.1, 0.15) is 5.75 Å². The van der Waals surface area contributed by atoms with Crippen LogP contribution in [0.15, 0.2) is 61.9 Å². The summed E-state index contributed by atoms with van der Waals surface area (Å²) in [6.45, 7) is 5.20. The quantitative estimate of drug-likeness (QED) is 0.297. The molecule has 0 spiro atoms. The number of rotatable bonds is 7. The molecule has 0 amide bonds. The summed E-state index contributed by atoms with van der Waals surface area (Å²) in [6, 6.07) is 10.6. The second-order valence-electron chi connectivity index (χ2n) is 8.21. The van der Waals surface area contributed by atoms with Crippen molar-refractivity contribution in [1.82, 2.24) is 4.57 Å². The van der Waals surface area contributed by atoms with E-state index in [0.29, 0.717) is 34.4 Å². The first kappa shape index (κ1) is 27.3. The van der Waals surface area contributed by atoms with Crippen molar-refractivity contribution < 1.29 is 24.2 Å². The second-order valence-corrected chi connectivity index (χ2v) is 11.2. The van der Waals surface area contributed by atoms with Crippen LogP contribution >= 0.6 is 49.9 Å². The number of aryl methyl sites for hydroxylation is 1. The average molecular weight is 697 g/mol. The van der Waals surface area contributed by atoms with Crippen LogP contribution in [0.1, 0.15) is 36.6 Å². The number of hydrogen-bond donors (Lipinski definition) is 1. The summed E-state index contributed by atoms with van der Waals surface area (Å²) in [7, 11) is 0. The van der Waals surface area contributed by atoms with E-state index in [0.717, 1.165) is 16.7 Å². The topological polar surface area (TPSA) is 107 Å². The van der Waals surface area contributed by atoms with E-state index in [2.05, 4.69) is 43.5 Å². The maximum absolute atomic E-state index is 13.7. The summed E-state index contributed by atoms with van der Waals surface area (Å²) in [5.41, 5.74) is 3.13. The smallest absolute Gasteiger partial charge is 0.341 e. The number of carbonyl (C=O) groups is 2. The standard InChI is InChI=1S/C26H22BrIN2O6S/c1-4-35-25(34)21-14(3)29-26-30(22(21)16-7-5-13(2)6-8-16)24(33)19(37-26)11-15-9-17(27)23(18(28)10-15)36-12-20(31)32/h5-11,22H,4,12H2,1-3H3,(H,31,32)/b19-11+/t22-/m1/s1. The van der Waals surface area contributed by atoms with Crippen LogP contribution in [0.25, 0.3) is 6.08 Å². The molecule has 37 heavy (non-hydrogen) atoms. The van der Waals surface area contributed by atoms with Gasteiger partial charge < -0.3 is 14.6 Å². The Kier molecular flexibility index (Phi) is 8.34. The number of fused-ring (bicyclic) bond motifs is 1. The number of aromatic nitrogens is 1. The second kappa shape index (κ2) is 11.3. The highest BCUT2D eigenvalue weighted by molar-refractivity contribution is 14.1. The van der Waals surface area contributed by atoms with E-state index < -0.39 is 24.6 Å². The third kappa shape index (κ3) is 5.73. The lowest BCUT2D eigenvalue weighted by atomic mass is 9.95. The van der Waals surface area contributed by atoms with Gasteiger partial charge in [0, 0.05) is 0 Å². The number of carbonyl (C=O) groups excluding carboxylic acids is 1. The number of thiazole rings is 1. The lowest BCUT2D eigenvalue weighted by Crippen LogP contribution is -2.39. The minimum Gasteiger partial charge on any atom is -0.480 e. The molecule has 0 fully saturated rings. The Balaban J connectivity index is 1.86. The Bertz CT molecular complexity index is 1580. The van der Waals surface area contributed by atoms with Gasteiger partial charge in [-0.25, -0.2) is 14.6 Å². The van der Waals surface area contributed by atoms with Gasteiger partial charge in [0.25, 0.3) is 5.56 Å². The molecular formula is C26H22BrIN2O6S. The summed E-state index contributed by atoms with van der Waals surface area (Å²) in [5.74, 6) is -1.16. The Labute approximate surface area is 238 Å². The van der Waals surface area contributed by atoms with E-state index in [4.69, 9.17) is 14.6 Å². The number of ether oxygens (including phenoxy) is 2. The minimum atomic E-state index is -1.08. The van der Waals surface area contributed by atoms with Gasteiger partial charge in [0.2, 0.25) is 0 Å². The molecule has 192 valence electrons. The zero-order valence-electron chi connectivity index (χ0n) is 20.1. The number of benzene rings is 2. The monoisotopic (exact) mass is 696 g/mol. The number of aliphatic carboxylic acids is 1. The molecule has 2 aromatic carbocycles. The van der Waals surface area contributed by atoms with Crippen molar-refractivity contribution in [2.24, 2.45) is 4.99 Å². The number of hydrogen-bond acceptors (Lipinski definition) is 7. The van der Waals surface area contributed by atoms with E-state index in [9.17, 15) is 14.4 Å². The fraction of sp³-hybridized carbons (Fsp3) is 0.231. The molecule has 1 aromatic heterocycles. The lowest BCUT2D eigenvalue weighted by Gasteiger charge is -2.24. The summed E-state index contributed by atoms with van der Waals surface area (Å²) in [6.07, 6.45) is 1.74. The lowest BCUT2D eigenvalue weighted by molar-refractivity contribution is -0.140. The maximum atomic E-state index is 13.7. The fourth-order valence-electron chi connectivity index (χ4n) is 3.94. The number of carboxylic acids is 1. The van der Waals surface area contributed by atoms with E-state index in [1.807, 2.05) is 31.2 Å². The summed E-state index contributed by atoms with van der Waals surface area (Å²) in [4.78, 5) is 42.6. The van der Waals surface area contributed by atoms with Crippen molar-refractivity contribution in [3.63, 3.8) is 0 Å². The molecular weight excluding hydrogens is 675 g/mol. The first-order valence-corrected chi connectivity index (χ1v) is 13.9. The van der Waals surface area contributed by atoms with Gasteiger partial charge >= 0.3 is 11.9 Å². The molecule has 0 bridgehead atoms. The largest absolute Gasteiger partial charge is 0.480 e. The molecule has 0 radical (unpaired) electrons. The maximum Gasteiger partial charge on any atom is 0.341 e. The zero-order valence-corrected chi connectivity index (χ0v) is 24.6. The number of esters is 1. The highest BCUT2D eigenvalue weighted by Gasteiger charge is 2.33. The van der Waals surface area contributed by atoms with Crippen LogP contribution in [0, 0.1) is 10.5 Å². The van der Waals surface area contributed by atoms with Crippen LogP contribution in [0.4, 0.5) is 0 Å². The van der Waals surface area contributed by atoms with Crippen LogP contribution in [0.2, 0.25) is 0 Å². The Hall–Kier alpha value is -2.77. The fourth-order valence-corrected chi connectivity index (χ4v) is 6.76. The van der Waals surface area contributed by atoms with Crippen LogP contribution in [-0.2, 0) is 14.3 Å². The van der Waals surface area contributed by atoms with Crippen LogP contribution in [-0.4, -0.2) is 34.8 Å². The highest BCUT2D eigenvalue weighted by Crippen LogP contribution is 2.33. The zero-order chi connectivity index (χ0) is 26.9. The average Bonchev–Trinajstić information content (AvgIpc) is 3.12. The molecule has 3 aromatic rings. The van der Waals surface area contributed by atoms with Gasteiger partial charge in [-0.2, -0.15) is 0 Å². The third-order valence-corrected chi connectivity index (χ3v) is 7.94. The van der Waals surface area contributed by atoms with Crippen molar-refractivity contribution >= 4 is 67.9 Å². The molecule has 1 aliphatic rings. The Morgan fingerprint density at radius 1 is 1.24 bits per heavy atom. The van der Waals surface area contributed by atoms with E-state index >= 15 is 0 Å². The molecule has 0 unspecified atom stereocenters. The molecule has 1 N–H and O–H groups in total. The molecule has 0 saturated heterocycles. The first-order chi connectivity index (χ1) is 17.6. The number of carboxylic acid groups (broad SMARTS) is 1. The summed E-state index contributed by atoms with van der Waals surface area (Å²) in [5, 5.41) is 8.91. The summed E-state index contributed by atoms with van der Waals surface area (Å²) < 4.78 is 13.9. The minimum absolute atomic E-state index is 0.209. The van der Waals surface area contributed by atoms with E-state index in [1.54, 1.807) is 36.6 Å². The molecule has 0 aliphatic carbocycles. The molecule has 1 aliphatic heterocycles. The van der Waals surface area contributed by atoms with Crippen molar-refractivity contribution in [2.75, 3.05) is 13.2 Å². The molecule has 1 atom stereocenters. The van der Waals surface area contributed by atoms with Crippen molar-refractivity contribution in [3.8, 4) is 5.75 Å². The van der Waals surface area contributed by atoms with Gasteiger partial charge in [0.15, 0.2) is 11.4 Å². The highest BCUT2D eigenvalue weighted by atomic mass is 127. The SMILES string of the molecule is CCOC(=O)C1=C(C)N=c2s/c(=C/c3cc(Br)c(OCC(=O)O)c(I)c3)c(=O)n2[C@@H]1c1ccc(C)cc1. The van der Waals surface area contributed by atoms with Crippen LogP contribution in [0.3, 0.4) is 0 Å². The molecule has 11 heteroatoms. The van der Waals surface area contributed by atoms with E-state index in [1.165, 1.54) is 11.3 Å². The first-order valence-electron chi connectivity index (χ1n) is 11.2. The molecule has 4 rings (SSSR count). The predicted molar refractivity (Wildman–Crippen MR) is 152 cm³/mol. The van der Waals surface area contributed by atoms with Crippen molar-refractivity contribution in [3.05, 3.63) is 92.1 Å². The summed E-state index contributed by atoms with van der Waals surface area (Å²) >= 11 is 6.72. The van der Waals surface area contributed by atoms with Crippen molar-refractivity contribution in [1.29, 1.82) is 0 Å². The molecule has 2 heterocycles. The Morgan fingerprint density at radius 2 is 1.95 bits per heavy atom. The molecule has 8 nitrogen and oxygen atoms in total. The van der Waals surface area contributed by atoms with E-state index in [-0.39, 0.29) is 12.2 Å². The normalized spacial score (nSPS) is 15.3. The number of allylic oxidation sites excluding steroid dienone is 1. The van der Waals surface area contributed by atoms with Gasteiger partial charge in [-0.05, 0) is 88.6 Å². The number of nitrogens with zero attached hydrogens (tertiary/aromatic N) is 2. The van der Waals surface area contributed by atoms with Gasteiger partial charge in [-0.15, -0.1) is 0 Å². The van der Waals surface area contributed by atoms with Gasteiger partial charge in [-0.1, -0.05) is 41.2 Å². The van der Waals surface area contributed by atoms with Crippen LogP contribution < -0.4 is 19.6 Å². The van der Waals surface area contributed by atoms with Gasteiger partial charge in [0.05, 0.1) is 36.5 Å². The van der Waals surface area contributed by atoms with Gasteiger partial charge in [-0.3, -0.25) is 9.36 Å². The molecule has 0 saturated carbocycles. The Morgan fingerprint density at radius 3 is 2.57 bits per heavy atom.